The number of phenols is 1. The predicted octanol–water partition coefficient (Wildman–Crippen LogP) is 2.52. The minimum absolute atomic E-state index is 0.00231. The van der Waals surface area contributed by atoms with Crippen molar-refractivity contribution < 1.29 is 5.11 Å². The van der Waals surface area contributed by atoms with E-state index in [-0.39, 0.29) is 5.75 Å². The summed E-state index contributed by atoms with van der Waals surface area (Å²) in [6.07, 6.45) is 0. The number of hydrogen-bond donors (Lipinski definition) is 3. The van der Waals surface area contributed by atoms with Crippen molar-refractivity contribution in [2.45, 2.75) is 0 Å². The number of anilines is 2. The highest BCUT2D eigenvalue weighted by Gasteiger charge is 2.03. The number of nitrogens with one attached hydrogen (secondary N) is 2. The van der Waals surface area contributed by atoms with Crippen LogP contribution in [0.1, 0.15) is 0 Å². The van der Waals surface area contributed by atoms with Gasteiger partial charge >= 0.3 is 0 Å². The Labute approximate surface area is 74.2 Å². The van der Waals surface area contributed by atoms with Gasteiger partial charge in [-0.3, -0.25) is 9.67 Å². The van der Waals surface area contributed by atoms with Gasteiger partial charge in [-0.05, 0) is 12.1 Å². The highest BCUT2D eigenvalue weighted by atomic mass is 35.5. The lowest BCUT2D eigenvalue weighted by molar-refractivity contribution is 0.480. The number of hydrogen-bond acceptors (Lipinski definition) is 3. The first-order valence-electron chi connectivity index (χ1n) is 2.85. The molecule has 1 rings (SSSR count). The Morgan fingerprint density at radius 3 is 1.91 bits per heavy atom. The van der Waals surface area contributed by atoms with Gasteiger partial charge in [0.05, 0.1) is 11.4 Å². The Balaban J connectivity index is 3.10. The van der Waals surface area contributed by atoms with Gasteiger partial charge in [-0.2, -0.15) is 0 Å². The zero-order chi connectivity index (χ0) is 8.27. The van der Waals surface area contributed by atoms with Gasteiger partial charge < -0.3 is 5.11 Å². The molecule has 0 saturated carbocycles. The Morgan fingerprint density at radius 2 is 1.55 bits per heavy atom. The Hall–Kier alpha value is -0.800. The summed E-state index contributed by atoms with van der Waals surface area (Å²) in [4.78, 5) is 4.59. The molecule has 0 fully saturated rings. The smallest absolute Gasteiger partial charge is 0.164 e. The maximum atomic E-state index is 9.29. The Morgan fingerprint density at radius 1 is 1.09 bits per heavy atom. The van der Waals surface area contributed by atoms with Gasteiger partial charge in [0.25, 0.3) is 0 Å². The molecule has 0 spiro atoms. The summed E-state index contributed by atoms with van der Waals surface area (Å²) in [5.74, 6) is -0.00231. The topological polar surface area (TPSA) is 44.3 Å². The van der Waals surface area contributed by atoms with Crippen LogP contribution in [-0.2, 0) is 0 Å². The van der Waals surface area contributed by atoms with E-state index < -0.39 is 0 Å². The van der Waals surface area contributed by atoms with E-state index in [1.165, 1.54) is 0 Å². The van der Waals surface area contributed by atoms with Crippen molar-refractivity contribution in [2.24, 2.45) is 0 Å². The number of benzene rings is 1. The molecule has 0 unspecified atom stereocenters. The number of phenolic OH excluding ortho intramolecular Hbond substituents is 1. The maximum absolute atomic E-state index is 9.29. The fourth-order valence-electron chi connectivity index (χ4n) is 0.696. The second-order valence-corrected chi connectivity index (χ2v) is 2.27. The van der Waals surface area contributed by atoms with Gasteiger partial charge in [0, 0.05) is 23.6 Å². The molecule has 0 aromatic heterocycles. The van der Waals surface area contributed by atoms with Crippen molar-refractivity contribution in [3.63, 3.8) is 0 Å². The summed E-state index contributed by atoms with van der Waals surface area (Å²) in [7, 11) is 0. The monoisotopic (exact) mass is 192 g/mol. The number of aromatic hydroxyl groups is 1. The molecular formula is C6H6Cl2N2O. The summed E-state index contributed by atoms with van der Waals surface area (Å²) in [5, 5.41) is 9.29. The molecule has 0 saturated heterocycles. The maximum Gasteiger partial charge on any atom is 0.164 e. The first-order valence-corrected chi connectivity index (χ1v) is 3.60. The second kappa shape index (κ2) is 3.55. The van der Waals surface area contributed by atoms with Crippen molar-refractivity contribution in [3.8, 4) is 5.75 Å². The molecule has 3 nitrogen and oxygen atoms in total. The largest absolute Gasteiger partial charge is 0.504 e. The van der Waals surface area contributed by atoms with Crippen LogP contribution < -0.4 is 9.67 Å². The Bertz CT molecular complexity index is 232. The third-order valence-corrected chi connectivity index (χ3v) is 1.65. The van der Waals surface area contributed by atoms with Gasteiger partial charge in [0.15, 0.2) is 5.75 Å². The number of para-hydroxylation sites is 1. The normalized spacial score (nSPS) is 9.27. The van der Waals surface area contributed by atoms with Gasteiger partial charge in [-0.1, -0.05) is 6.07 Å². The molecule has 60 valence electrons. The quantitative estimate of drug-likeness (QED) is 0.499. The number of rotatable bonds is 2. The van der Waals surface area contributed by atoms with Crippen molar-refractivity contribution >= 4 is 34.9 Å². The van der Waals surface area contributed by atoms with Crippen LogP contribution in [0.3, 0.4) is 0 Å². The first kappa shape index (κ1) is 8.30. The van der Waals surface area contributed by atoms with Gasteiger partial charge in [0.1, 0.15) is 0 Å². The summed E-state index contributed by atoms with van der Waals surface area (Å²) < 4.78 is 0. The third kappa shape index (κ3) is 1.61. The molecule has 11 heavy (non-hydrogen) atoms. The van der Waals surface area contributed by atoms with E-state index in [1.807, 2.05) is 0 Å². The molecule has 0 radical (unpaired) electrons. The third-order valence-electron chi connectivity index (χ3n) is 1.24. The van der Waals surface area contributed by atoms with Crippen LogP contribution in [0.2, 0.25) is 0 Å². The van der Waals surface area contributed by atoms with Crippen LogP contribution in [0.5, 0.6) is 5.75 Å². The van der Waals surface area contributed by atoms with Crippen LogP contribution >= 0.6 is 23.6 Å². The SMILES string of the molecule is Oc1c(NCl)cccc1NCl. The van der Waals surface area contributed by atoms with Crippen LogP contribution in [0.15, 0.2) is 18.2 Å². The molecular weight excluding hydrogens is 187 g/mol. The molecule has 0 aliphatic rings. The molecule has 1 aromatic rings. The van der Waals surface area contributed by atoms with Crippen LogP contribution in [0.25, 0.3) is 0 Å². The van der Waals surface area contributed by atoms with E-state index in [2.05, 4.69) is 9.67 Å². The van der Waals surface area contributed by atoms with Crippen LogP contribution in [0, 0.1) is 0 Å². The predicted molar refractivity (Wildman–Crippen MR) is 47.1 cm³/mol. The van der Waals surface area contributed by atoms with E-state index in [9.17, 15) is 5.11 Å². The number of halogens is 2. The van der Waals surface area contributed by atoms with E-state index >= 15 is 0 Å². The lowest BCUT2D eigenvalue weighted by atomic mass is 10.2. The summed E-state index contributed by atoms with van der Waals surface area (Å²) in [5.41, 5.74) is 0.828. The summed E-state index contributed by atoms with van der Waals surface area (Å²) in [6, 6.07) is 4.95. The standard InChI is InChI=1S/C6H6Cl2N2O/c7-9-4-2-1-3-5(10-8)6(4)11/h1-3,9-11H. The zero-order valence-electron chi connectivity index (χ0n) is 5.44. The van der Waals surface area contributed by atoms with Crippen molar-refractivity contribution in [1.82, 2.24) is 0 Å². The van der Waals surface area contributed by atoms with Gasteiger partial charge in [-0.25, -0.2) is 0 Å². The molecule has 0 aliphatic carbocycles. The molecule has 0 aliphatic heterocycles. The van der Waals surface area contributed by atoms with Crippen LogP contribution in [-0.4, -0.2) is 5.11 Å². The zero-order valence-corrected chi connectivity index (χ0v) is 6.95. The fraction of sp³-hybridized carbons (Fsp3) is 0. The molecule has 0 atom stereocenters. The highest BCUT2D eigenvalue weighted by Crippen LogP contribution is 2.32. The summed E-state index contributed by atoms with van der Waals surface area (Å²) in [6.45, 7) is 0. The Kier molecular flexibility index (Phi) is 2.68. The molecule has 0 heterocycles. The average molecular weight is 193 g/mol. The summed E-state index contributed by atoms with van der Waals surface area (Å²) >= 11 is 10.6. The van der Waals surface area contributed by atoms with Gasteiger partial charge in [-0.15, -0.1) is 0 Å². The van der Waals surface area contributed by atoms with E-state index in [1.54, 1.807) is 18.2 Å². The van der Waals surface area contributed by atoms with Gasteiger partial charge in [0.2, 0.25) is 0 Å². The minimum atomic E-state index is -0.00231. The van der Waals surface area contributed by atoms with E-state index in [0.29, 0.717) is 11.4 Å². The lowest BCUT2D eigenvalue weighted by Gasteiger charge is -2.05. The molecule has 0 bridgehead atoms. The fourth-order valence-corrected chi connectivity index (χ4v) is 1.00. The van der Waals surface area contributed by atoms with E-state index in [4.69, 9.17) is 23.6 Å². The molecule has 3 N–H and O–H groups in total. The molecule has 5 heteroatoms. The van der Waals surface area contributed by atoms with Crippen molar-refractivity contribution in [1.29, 1.82) is 0 Å². The van der Waals surface area contributed by atoms with E-state index in [0.717, 1.165) is 0 Å². The van der Waals surface area contributed by atoms with Crippen LogP contribution in [0.4, 0.5) is 11.4 Å². The highest BCUT2D eigenvalue weighted by molar-refractivity contribution is 6.26. The average Bonchev–Trinajstić information content (AvgIpc) is 2.05. The second-order valence-electron chi connectivity index (χ2n) is 1.89. The van der Waals surface area contributed by atoms with Crippen molar-refractivity contribution in [3.05, 3.63) is 18.2 Å². The molecule has 0 amide bonds. The molecule has 1 aromatic carbocycles. The lowest BCUT2D eigenvalue weighted by Crippen LogP contribution is -1.85. The van der Waals surface area contributed by atoms with Crippen molar-refractivity contribution in [2.75, 3.05) is 9.67 Å². The minimum Gasteiger partial charge on any atom is -0.504 e. The first-order chi connectivity index (χ1) is 5.29.